The van der Waals surface area contributed by atoms with E-state index in [1.165, 1.54) is 0 Å². The van der Waals surface area contributed by atoms with Crippen LogP contribution < -0.4 is 0 Å². The molecule has 1 N–H and O–H groups in total. The van der Waals surface area contributed by atoms with Gasteiger partial charge in [-0.1, -0.05) is 13.8 Å². The zero-order chi connectivity index (χ0) is 10.1. The van der Waals surface area contributed by atoms with Crippen molar-refractivity contribution < 1.29 is 9.84 Å². The Balaban J connectivity index is 2.49. The van der Waals surface area contributed by atoms with Crippen LogP contribution in [0.4, 0.5) is 0 Å². The van der Waals surface area contributed by atoms with Crippen LogP contribution in [0.1, 0.15) is 47.0 Å². The largest absolute Gasteiger partial charge is 0.393 e. The lowest BCUT2D eigenvalue weighted by atomic mass is 9.80. The molecule has 0 amide bonds. The number of ether oxygens (including phenoxy) is 1. The van der Waals surface area contributed by atoms with Crippen molar-refractivity contribution in [1.82, 2.24) is 0 Å². The number of aliphatic hydroxyl groups excluding tert-OH is 1. The van der Waals surface area contributed by atoms with Crippen molar-refractivity contribution in [2.45, 2.75) is 65.3 Å². The highest BCUT2D eigenvalue weighted by molar-refractivity contribution is 4.85. The van der Waals surface area contributed by atoms with Gasteiger partial charge in [-0.25, -0.2) is 0 Å². The summed E-state index contributed by atoms with van der Waals surface area (Å²) in [6, 6.07) is 0. The summed E-state index contributed by atoms with van der Waals surface area (Å²) < 4.78 is 5.82. The summed E-state index contributed by atoms with van der Waals surface area (Å²) >= 11 is 0. The lowest BCUT2D eigenvalue weighted by molar-refractivity contribution is -0.0345. The second-order valence-corrected chi connectivity index (χ2v) is 5.05. The summed E-state index contributed by atoms with van der Waals surface area (Å²) in [5, 5.41) is 9.36. The van der Waals surface area contributed by atoms with E-state index in [4.69, 9.17) is 4.74 Å². The van der Waals surface area contributed by atoms with Gasteiger partial charge in [-0.15, -0.1) is 0 Å². The molecule has 3 atom stereocenters. The molecule has 0 spiro atoms. The molecule has 0 aromatic rings. The highest BCUT2D eigenvalue weighted by Crippen LogP contribution is 2.36. The molecule has 13 heavy (non-hydrogen) atoms. The molecule has 0 aliphatic carbocycles. The summed E-state index contributed by atoms with van der Waals surface area (Å²) in [6.07, 6.45) is 3.63. The summed E-state index contributed by atoms with van der Waals surface area (Å²) in [6.45, 7) is 8.34. The number of rotatable bonds is 3. The SMILES string of the molecule is CC(O)CC(C)(C)C1CCC(C)O1. The Labute approximate surface area is 81.3 Å². The molecule has 2 nitrogen and oxygen atoms in total. The highest BCUT2D eigenvalue weighted by atomic mass is 16.5. The molecule has 1 aliphatic rings. The lowest BCUT2D eigenvalue weighted by Crippen LogP contribution is -2.32. The van der Waals surface area contributed by atoms with Gasteiger partial charge in [0.2, 0.25) is 0 Å². The molecule has 1 heterocycles. The Kier molecular flexibility index (Phi) is 3.36. The van der Waals surface area contributed by atoms with Crippen molar-refractivity contribution in [2.24, 2.45) is 5.41 Å². The van der Waals surface area contributed by atoms with Crippen LogP contribution in [-0.2, 0) is 4.74 Å². The molecule has 78 valence electrons. The van der Waals surface area contributed by atoms with E-state index in [0.717, 1.165) is 19.3 Å². The molecule has 1 rings (SSSR count). The van der Waals surface area contributed by atoms with Crippen LogP contribution in [0.2, 0.25) is 0 Å². The third-order valence-corrected chi connectivity index (χ3v) is 2.93. The normalized spacial score (nSPS) is 32.1. The van der Waals surface area contributed by atoms with Crippen molar-refractivity contribution in [1.29, 1.82) is 0 Å². The molecule has 0 bridgehead atoms. The first-order chi connectivity index (χ1) is 5.92. The van der Waals surface area contributed by atoms with Gasteiger partial charge in [0.05, 0.1) is 18.3 Å². The van der Waals surface area contributed by atoms with Crippen molar-refractivity contribution in [2.75, 3.05) is 0 Å². The first-order valence-corrected chi connectivity index (χ1v) is 5.25. The predicted octanol–water partition coefficient (Wildman–Crippen LogP) is 2.35. The first-order valence-electron chi connectivity index (χ1n) is 5.25. The van der Waals surface area contributed by atoms with Crippen molar-refractivity contribution in [3.05, 3.63) is 0 Å². The third kappa shape index (κ3) is 2.96. The summed E-state index contributed by atoms with van der Waals surface area (Å²) in [5.41, 5.74) is 0.110. The van der Waals surface area contributed by atoms with Crippen molar-refractivity contribution >= 4 is 0 Å². The molecule has 3 unspecified atom stereocenters. The van der Waals surface area contributed by atoms with E-state index in [1.54, 1.807) is 0 Å². The first kappa shape index (κ1) is 11.0. The molecular formula is C11H22O2. The molecule has 0 radical (unpaired) electrons. The number of aliphatic hydroxyl groups is 1. The fraction of sp³-hybridized carbons (Fsp3) is 1.00. The average molecular weight is 186 g/mol. The van der Waals surface area contributed by atoms with E-state index < -0.39 is 0 Å². The second kappa shape index (κ2) is 3.97. The van der Waals surface area contributed by atoms with E-state index in [0.29, 0.717) is 12.2 Å². The third-order valence-electron chi connectivity index (χ3n) is 2.93. The monoisotopic (exact) mass is 186 g/mol. The van der Waals surface area contributed by atoms with Crippen LogP contribution in [0.15, 0.2) is 0 Å². The van der Waals surface area contributed by atoms with Crippen LogP contribution in [0.3, 0.4) is 0 Å². The molecule has 1 aliphatic heterocycles. The molecular weight excluding hydrogens is 164 g/mol. The van der Waals surface area contributed by atoms with Gasteiger partial charge in [0.1, 0.15) is 0 Å². The van der Waals surface area contributed by atoms with Crippen LogP contribution in [0, 0.1) is 5.41 Å². The van der Waals surface area contributed by atoms with Crippen LogP contribution >= 0.6 is 0 Å². The van der Waals surface area contributed by atoms with Gasteiger partial charge in [-0.3, -0.25) is 0 Å². The Bertz CT molecular complexity index is 163. The van der Waals surface area contributed by atoms with E-state index in [-0.39, 0.29) is 11.5 Å². The second-order valence-electron chi connectivity index (χ2n) is 5.05. The maximum atomic E-state index is 9.36. The van der Waals surface area contributed by atoms with Crippen molar-refractivity contribution in [3.8, 4) is 0 Å². The molecule has 0 saturated carbocycles. The van der Waals surface area contributed by atoms with Gasteiger partial charge >= 0.3 is 0 Å². The highest BCUT2D eigenvalue weighted by Gasteiger charge is 2.36. The minimum Gasteiger partial charge on any atom is -0.393 e. The van der Waals surface area contributed by atoms with E-state index >= 15 is 0 Å². The summed E-state index contributed by atoms with van der Waals surface area (Å²) in [4.78, 5) is 0. The maximum absolute atomic E-state index is 9.36. The van der Waals surface area contributed by atoms with Gasteiger partial charge < -0.3 is 9.84 Å². The smallest absolute Gasteiger partial charge is 0.0631 e. The Morgan fingerprint density at radius 3 is 2.46 bits per heavy atom. The lowest BCUT2D eigenvalue weighted by Gasteiger charge is -2.32. The topological polar surface area (TPSA) is 29.5 Å². The van der Waals surface area contributed by atoms with Gasteiger partial charge in [0.15, 0.2) is 0 Å². The molecule has 2 heteroatoms. The van der Waals surface area contributed by atoms with Crippen molar-refractivity contribution in [3.63, 3.8) is 0 Å². The van der Waals surface area contributed by atoms with Crippen LogP contribution in [-0.4, -0.2) is 23.4 Å². The van der Waals surface area contributed by atoms with Gasteiger partial charge in [0, 0.05) is 0 Å². The van der Waals surface area contributed by atoms with Gasteiger partial charge in [-0.2, -0.15) is 0 Å². The average Bonchev–Trinajstić information content (AvgIpc) is 2.32. The standard InChI is InChI=1S/C11H22O2/c1-8(12)7-11(3,4)10-6-5-9(2)13-10/h8-10,12H,5-7H2,1-4H3. The fourth-order valence-corrected chi connectivity index (χ4v) is 2.27. The van der Waals surface area contributed by atoms with Gasteiger partial charge in [-0.05, 0) is 38.5 Å². The van der Waals surface area contributed by atoms with Crippen LogP contribution in [0.5, 0.6) is 0 Å². The van der Waals surface area contributed by atoms with Crippen LogP contribution in [0.25, 0.3) is 0 Å². The Morgan fingerprint density at radius 2 is 2.08 bits per heavy atom. The summed E-state index contributed by atoms with van der Waals surface area (Å²) in [7, 11) is 0. The van der Waals surface area contributed by atoms with E-state index in [9.17, 15) is 5.11 Å². The fourth-order valence-electron chi connectivity index (χ4n) is 2.27. The minimum absolute atomic E-state index is 0.110. The summed E-state index contributed by atoms with van der Waals surface area (Å²) in [5.74, 6) is 0. The zero-order valence-electron chi connectivity index (χ0n) is 9.21. The van der Waals surface area contributed by atoms with E-state index in [2.05, 4.69) is 20.8 Å². The Morgan fingerprint density at radius 1 is 1.46 bits per heavy atom. The number of hydrogen-bond donors (Lipinski definition) is 1. The molecule has 0 aromatic heterocycles. The molecule has 1 fully saturated rings. The zero-order valence-corrected chi connectivity index (χ0v) is 9.21. The molecule has 1 saturated heterocycles. The predicted molar refractivity (Wildman–Crippen MR) is 53.6 cm³/mol. The molecule has 0 aromatic carbocycles. The van der Waals surface area contributed by atoms with Gasteiger partial charge in [0.25, 0.3) is 0 Å². The minimum atomic E-state index is -0.227. The Hall–Kier alpha value is -0.0800. The van der Waals surface area contributed by atoms with E-state index in [1.807, 2.05) is 6.92 Å². The number of hydrogen-bond acceptors (Lipinski definition) is 2. The quantitative estimate of drug-likeness (QED) is 0.733. The maximum Gasteiger partial charge on any atom is 0.0631 e.